The van der Waals surface area contributed by atoms with Crippen molar-refractivity contribution in [2.24, 2.45) is 0 Å². The second kappa shape index (κ2) is 8.28. The summed E-state index contributed by atoms with van der Waals surface area (Å²) in [5, 5.41) is 21.3. The number of hydrogen-bond donors (Lipinski definition) is 4. The largest absolute Gasteiger partial charge is 0.451 e. The normalized spacial score (nSPS) is 11.8. The molecule has 0 fully saturated rings. The number of nitrogens with zero attached hydrogens (tertiary/aromatic N) is 3. The van der Waals surface area contributed by atoms with Crippen molar-refractivity contribution in [2.45, 2.75) is 25.9 Å². The lowest BCUT2D eigenvalue weighted by molar-refractivity contribution is 0.105. The Labute approximate surface area is 146 Å². The highest BCUT2D eigenvalue weighted by atomic mass is 16.5. The first-order chi connectivity index (χ1) is 11.9. The van der Waals surface area contributed by atoms with Gasteiger partial charge in [-0.15, -0.1) is 6.42 Å². The van der Waals surface area contributed by atoms with Crippen LogP contribution in [0, 0.1) is 12.3 Å². The standard InChI is InChI=1S/C17H21N5O3/c1-4-11-5-14(13(7-19-11)10(2)3)25-15-8-21-17(18)22-16(15)20-6-12(24)9-23/h1,5,7-8,10,12,23-24H,6,9H2,2-3H3,(H3,18,20,21,22). The van der Waals surface area contributed by atoms with Gasteiger partial charge in [0.25, 0.3) is 0 Å². The van der Waals surface area contributed by atoms with Gasteiger partial charge in [-0.05, 0) is 5.92 Å². The van der Waals surface area contributed by atoms with Gasteiger partial charge in [-0.25, -0.2) is 9.97 Å². The third-order valence-corrected chi connectivity index (χ3v) is 3.37. The second-order valence-corrected chi connectivity index (χ2v) is 5.67. The average Bonchev–Trinajstić information content (AvgIpc) is 2.61. The van der Waals surface area contributed by atoms with Crippen LogP contribution in [0.15, 0.2) is 18.5 Å². The summed E-state index contributed by atoms with van der Waals surface area (Å²) in [4.78, 5) is 12.2. The molecule has 2 aromatic rings. The van der Waals surface area contributed by atoms with Crippen LogP contribution in [0.3, 0.4) is 0 Å². The molecule has 8 nitrogen and oxygen atoms in total. The lowest BCUT2D eigenvalue weighted by Gasteiger charge is -2.17. The van der Waals surface area contributed by atoms with Gasteiger partial charge in [0.2, 0.25) is 5.95 Å². The van der Waals surface area contributed by atoms with Gasteiger partial charge in [0.15, 0.2) is 11.6 Å². The maximum Gasteiger partial charge on any atom is 0.222 e. The number of nitrogens with one attached hydrogen (secondary N) is 1. The number of pyridine rings is 1. The molecule has 2 aromatic heterocycles. The molecule has 0 aliphatic carbocycles. The number of aliphatic hydroxyl groups excluding tert-OH is 2. The molecule has 0 spiro atoms. The van der Waals surface area contributed by atoms with E-state index in [0.717, 1.165) is 5.56 Å². The molecule has 5 N–H and O–H groups in total. The summed E-state index contributed by atoms with van der Waals surface area (Å²) in [6.45, 7) is 3.72. The van der Waals surface area contributed by atoms with Crippen molar-refractivity contribution in [3.8, 4) is 23.8 Å². The van der Waals surface area contributed by atoms with E-state index in [1.807, 2.05) is 13.8 Å². The molecule has 0 bridgehead atoms. The van der Waals surface area contributed by atoms with Crippen molar-refractivity contribution in [1.82, 2.24) is 15.0 Å². The Balaban J connectivity index is 2.35. The summed E-state index contributed by atoms with van der Waals surface area (Å²) in [7, 11) is 0. The highest BCUT2D eigenvalue weighted by Gasteiger charge is 2.15. The first-order valence-electron chi connectivity index (χ1n) is 7.74. The topological polar surface area (TPSA) is 126 Å². The van der Waals surface area contributed by atoms with Gasteiger partial charge in [-0.1, -0.05) is 19.8 Å². The summed E-state index contributed by atoms with van der Waals surface area (Å²) in [6, 6.07) is 1.66. The number of rotatable bonds is 7. The molecular formula is C17H21N5O3. The van der Waals surface area contributed by atoms with Crippen LogP contribution >= 0.6 is 0 Å². The fourth-order valence-corrected chi connectivity index (χ4v) is 2.03. The van der Waals surface area contributed by atoms with Gasteiger partial charge in [0, 0.05) is 24.4 Å². The zero-order valence-corrected chi connectivity index (χ0v) is 14.1. The first kappa shape index (κ1) is 18.4. The molecule has 0 aliphatic rings. The number of nitrogens with two attached hydrogens (primary N) is 1. The summed E-state index contributed by atoms with van der Waals surface area (Å²) < 4.78 is 5.94. The minimum atomic E-state index is -0.941. The maximum absolute atomic E-state index is 9.50. The lowest BCUT2D eigenvalue weighted by atomic mass is 10.0. The first-order valence-corrected chi connectivity index (χ1v) is 7.74. The Morgan fingerprint density at radius 1 is 1.32 bits per heavy atom. The predicted molar refractivity (Wildman–Crippen MR) is 94.4 cm³/mol. The van der Waals surface area contributed by atoms with E-state index in [1.54, 1.807) is 12.3 Å². The Morgan fingerprint density at radius 3 is 2.72 bits per heavy atom. The van der Waals surface area contributed by atoms with Gasteiger partial charge in [0.1, 0.15) is 11.4 Å². The Bertz CT molecular complexity index is 773. The van der Waals surface area contributed by atoms with Crippen molar-refractivity contribution >= 4 is 11.8 Å². The molecule has 0 radical (unpaired) electrons. The molecule has 0 aromatic carbocycles. The number of anilines is 2. The molecule has 2 heterocycles. The minimum Gasteiger partial charge on any atom is -0.451 e. The third-order valence-electron chi connectivity index (χ3n) is 3.37. The van der Waals surface area contributed by atoms with Crippen molar-refractivity contribution in [3.05, 3.63) is 29.7 Å². The van der Waals surface area contributed by atoms with Crippen LogP contribution in [0.5, 0.6) is 11.5 Å². The number of aliphatic hydroxyl groups is 2. The van der Waals surface area contributed by atoms with Crippen LogP contribution in [0.2, 0.25) is 0 Å². The van der Waals surface area contributed by atoms with Crippen LogP contribution < -0.4 is 15.8 Å². The fraction of sp³-hybridized carbons (Fsp3) is 0.353. The van der Waals surface area contributed by atoms with E-state index in [4.69, 9.17) is 22.0 Å². The van der Waals surface area contributed by atoms with Crippen LogP contribution in [0.1, 0.15) is 31.0 Å². The Hall–Kier alpha value is -2.89. The molecule has 2 rings (SSSR count). The molecule has 0 aliphatic heterocycles. The van der Waals surface area contributed by atoms with E-state index in [-0.39, 0.29) is 25.0 Å². The molecular weight excluding hydrogens is 322 g/mol. The predicted octanol–water partition coefficient (Wildman–Crippen LogP) is 1.12. The zero-order valence-electron chi connectivity index (χ0n) is 14.1. The summed E-state index contributed by atoms with van der Waals surface area (Å²) in [5.74, 6) is 3.84. The van der Waals surface area contributed by atoms with Crippen molar-refractivity contribution in [3.63, 3.8) is 0 Å². The summed E-state index contributed by atoms with van der Waals surface area (Å²) >= 11 is 0. The van der Waals surface area contributed by atoms with Crippen LogP contribution in [-0.4, -0.2) is 44.4 Å². The van der Waals surface area contributed by atoms with Gasteiger partial charge in [0.05, 0.1) is 18.9 Å². The maximum atomic E-state index is 9.50. The van der Waals surface area contributed by atoms with Gasteiger partial charge < -0.3 is 26.0 Å². The molecule has 1 unspecified atom stereocenters. The zero-order chi connectivity index (χ0) is 18.4. The monoisotopic (exact) mass is 343 g/mol. The number of terminal acetylenes is 1. The quantitative estimate of drug-likeness (QED) is 0.551. The van der Waals surface area contributed by atoms with Crippen LogP contribution in [0.4, 0.5) is 11.8 Å². The van der Waals surface area contributed by atoms with Crippen molar-refractivity contribution < 1.29 is 14.9 Å². The number of nitrogen functional groups attached to an aromatic ring is 1. The highest BCUT2D eigenvalue weighted by Crippen LogP contribution is 2.33. The molecule has 0 saturated heterocycles. The van der Waals surface area contributed by atoms with Gasteiger partial charge in [-0.3, -0.25) is 0 Å². The average molecular weight is 343 g/mol. The Morgan fingerprint density at radius 2 is 2.08 bits per heavy atom. The fourth-order valence-electron chi connectivity index (χ4n) is 2.03. The van der Waals surface area contributed by atoms with E-state index >= 15 is 0 Å². The molecule has 8 heteroatoms. The minimum absolute atomic E-state index is 0.0523. The van der Waals surface area contributed by atoms with Gasteiger partial charge >= 0.3 is 0 Å². The Kier molecular flexibility index (Phi) is 6.11. The third kappa shape index (κ3) is 4.79. The summed E-state index contributed by atoms with van der Waals surface area (Å²) in [5.41, 5.74) is 6.94. The SMILES string of the molecule is C#Cc1cc(Oc2cnc(N)nc2NCC(O)CO)c(C(C)C)cn1. The van der Waals surface area contributed by atoms with Crippen molar-refractivity contribution in [2.75, 3.05) is 24.2 Å². The smallest absolute Gasteiger partial charge is 0.222 e. The molecule has 0 saturated carbocycles. The number of aromatic nitrogens is 3. The molecule has 25 heavy (non-hydrogen) atoms. The van der Waals surface area contributed by atoms with E-state index in [1.165, 1.54) is 6.20 Å². The molecule has 132 valence electrons. The number of hydrogen-bond acceptors (Lipinski definition) is 8. The van der Waals surface area contributed by atoms with Gasteiger partial charge in [-0.2, -0.15) is 4.98 Å². The molecule has 1 atom stereocenters. The van der Waals surface area contributed by atoms with Crippen molar-refractivity contribution in [1.29, 1.82) is 0 Å². The highest BCUT2D eigenvalue weighted by molar-refractivity contribution is 5.54. The number of ether oxygens (including phenoxy) is 1. The van der Waals surface area contributed by atoms with Crippen LogP contribution in [-0.2, 0) is 0 Å². The van der Waals surface area contributed by atoms with E-state index in [0.29, 0.717) is 23.0 Å². The van der Waals surface area contributed by atoms with Crippen LogP contribution in [0.25, 0.3) is 0 Å². The van der Waals surface area contributed by atoms with E-state index in [2.05, 4.69) is 26.2 Å². The second-order valence-electron chi connectivity index (χ2n) is 5.67. The lowest BCUT2D eigenvalue weighted by Crippen LogP contribution is -2.23. The molecule has 0 amide bonds. The van der Waals surface area contributed by atoms with E-state index in [9.17, 15) is 5.11 Å². The van der Waals surface area contributed by atoms with E-state index < -0.39 is 6.10 Å². The summed E-state index contributed by atoms with van der Waals surface area (Å²) in [6.07, 6.45) is 7.57.